The van der Waals surface area contributed by atoms with Crippen LogP contribution in [0.25, 0.3) is 10.2 Å². The van der Waals surface area contributed by atoms with E-state index in [0.717, 1.165) is 21.5 Å². The molecule has 0 bridgehead atoms. The molecule has 0 saturated heterocycles. The van der Waals surface area contributed by atoms with Crippen molar-refractivity contribution in [2.24, 2.45) is 11.8 Å². The van der Waals surface area contributed by atoms with Gasteiger partial charge in [0.1, 0.15) is 5.75 Å². The Labute approximate surface area is 143 Å². The number of anilines is 1. The van der Waals surface area contributed by atoms with Gasteiger partial charge >= 0.3 is 5.97 Å². The molecule has 1 aliphatic rings. The van der Waals surface area contributed by atoms with E-state index in [0.29, 0.717) is 18.0 Å². The second-order valence-corrected chi connectivity index (χ2v) is 6.91. The maximum atomic E-state index is 12.6. The minimum Gasteiger partial charge on any atom is -0.497 e. The standard InChI is InChI=1S/C17H18N2O4S/c1-9-3-5-11(16(21)22)12(7-9)15(20)19-17-18-13-6-4-10(23-2)8-14(13)24-17/h3-4,6,8,11-12H,5,7H2,1-2H3,(H,21,22)(H,18,19,20). The number of allylic oxidation sites excluding steroid dienone is 2. The van der Waals surface area contributed by atoms with Gasteiger partial charge in [-0.05, 0) is 38.0 Å². The molecule has 126 valence electrons. The number of aromatic nitrogens is 1. The van der Waals surface area contributed by atoms with Gasteiger partial charge in [0.15, 0.2) is 5.13 Å². The van der Waals surface area contributed by atoms with E-state index in [1.54, 1.807) is 7.11 Å². The molecule has 0 aliphatic heterocycles. The average Bonchev–Trinajstić information content (AvgIpc) is 2.95. The lowest BCUT2D eigenvalue weighted by Crippen LogP contribution is -2.35. The third-order valence-electron chi connectivity index (χ3n) is 4.23. The van der Waals surface area contributed by atoms with E-state index >= 15 is 0 Å². The molecule has 2 aromatic rings. The minimum atomic E-state index is -0.937. The Morgan fingerprint density at radius 3 is 2.88 bits per heavy atom. The molecule has 1 aromatic carbocycles. The molecule has 0 spiro atoms. The lowest BCUT2D eigenvalue weighted by molar-refractivity contribution is -0.146. The van der Waals surface area contributed by atoms with Crippen LogP contribution in [0.15, 0.2) is 29.8 Å². The maximum Gasteiger partial charge on any atom is 0.307 e. The highest BCUT2D eigenvalue weighted by molar-refractivity contribution is 7.22. The van der Waals surface area contributed by atoms with E-state index < -0.39 is 17.8 Å². The number of ether oxygens (including phenoxy) is 1. The molecule has 1 amide bonds. The highest BCUT2D eigenvalue weighted by Gasteiger charge is 2.35. The molecule has 1 aromatic heterocycles. The lowest BCUT2D eigenvalue weighted by Gasteiger charge is -2.26. The van der Waals surface area contributed by atoms with Crippen molar-refractivity contribution >= 4 is 38.6 Å². The Morgan fingerprint density at radius 1 is 1.38 bits per heavy atom. The summed E-state index contributed by atoms with van der Waals surface area (Å²) in [7, 11) is 1.59. The summed E-state index contributed by atoms with van der Waals surface area (Å²) in [5, 5.41) is 12.6. The van der Waals surface area contributed by atoms with Crippen LogP contribution in [0.3, 0.4) is 0 Å². The van der Waals surface area contributed by atoms with Crippen LogP contribution in [-0.4, -0.2) is 29.1 Å². The van der Waals surface area contributed by atoms with Crippen molar-refractivity contribution in [3.8, 4) is 5.75 Å². The van der Waals surface area contributed by atoms with Gasteiger partial charge in [-0.2, -0.15) is 0 Å². The zero-order valence-corrected chi connectivity index (χ0v) is 14.2. The summed E-state index contributed by atoms with van der Waals surface area (Å²) >= 11 is 1.34. The van der Waals surface area contributed by atoms with Crippen LogP contribution in [0.1, 0.15) is 19.8 Å². The summed E-state index contributed by atoms with van der Waals surface area (Å²) in [6, 6.07) is 5.49. The van der Waals surface area contributed by atoms with Crippen molar-refractivity contribution in [2.45, 2.75) is 19.8 Å². The van der Waals surface area contributed by atoms with Crippen molar-refractivity contribution in [3.05, 3.63) is 29.8 Å². The first-order chi connectivity index (χ1) is 11.5. The van der Waals surface area contributed by atoms with E-state index in [4.69, 9.17) is 4.74 Å². The SMILES string of the molecule is COc1ccc2nc(NC(=O)C3CC(C)=CCC3C(=O)O)sc2c1. The molecule has 1 heterocycles. The van der Waals surface area contributed by atoms with Crippen molar-refractivity contribution in [1.82, 2.24) is 4.98 Å². The summed E-state index contributed by atoms with van der Waals surface area (Å²) in [4.78, 5) is 28.4. The van der Waals surface area contributed by atoms with Crippen LogP contribution < -0.4 is 10.1 Å². The highest BCUT2D eigenvalue weighted by Crippen LogP contribution is 2.33. The number of fused-ring (bicyclic) bond motifs is 1. The molecule has 6 nitrogen and oxygen atoms in total. The zero-order valence-electron chi connectivity index (χ0n) is 13.4. The number of hydrogen-bond acceptors (Lipinski definition) is 5. The van der Waals surface area contributed by atoms with Gasteiger partial charge < -0.3 is 15.2 Å². The topological polar surface area (TPSA) is 88.5 Å². The number of benzene rings is 1. The molecule has 1 aliphatic carbocycles. The van der Waals surface area contributed by atoms with E-state index in [-0.39, 0.29) is 5.91 Å². The summed E-state index contributed by atoms with van der Waals surface area (Å²) in [6.07, 6.45) is 2.74. The number of hydrogen-bond donors (Lipinski definition) is 2. The Morgan fingerprint density at radius 2 is 2.17 bits per heavy atom. The second kappa shape index (κ2) is 6.60. The number of carbonyl (C=O) groups is 2. The molecule has 0 fully saturated rings. The van der Waals surface area contributed by atoms with Crippen LogP contribution in [0.5, 0.6) is 5.75 Å². The molecule has 0 saturated carbocycles. The van der Waals surface area contributed by atoms with Crippen LogP contribution in [-0.2, 0) is 9.59 Å². The fraction of sp³-hybridized carbons (Fsp3) is 0.353. The number of thiazole rings is 1. The molecule has 0 radical (unpaired) electrons. The number of aliphatic carboxylic acids is 1. The van der Waals surface area contributed by atoms with Gasteiger partial charge in [0, 0.05) is 0 Å². The smallest absolute Gasteiger partial charge is 0.307 e. The van der Waals surface area contributed by atoms with E-state index in [9.17, 15) is 14.7 Å². The third kappa shape index (κ3) is 3.26. The number of carboxylic acids is 1. The van der Waals surface area contributed by atoms with E-state index in [1.165, 1.54) is 11.3 Å². The minimum absolute atomic E-state index is 0.291. The fourth-order valence-corrected chi connectivity index (χ4v) is 3.79. The van der Waals surface area contributed by atoms with Crippen LogP contribution in [0, 0.1) is 11.8 Å². The predicted molar refractivity (Wildman–Crippen MR) is 92.4 cm³/mol. The molecule has 3 rings (SSSR count). The maximum absolute atomic E-state index is 12.6. The van der Waals surface area contributed by atoms with Crippen LogP contribution in [0.4, 0.5) is 5.13 Å². The first-order valence-corrected chi connectivity index (χ1v) is 8.43. The number of carboxylic acid groups (broad SMARTS) is 1. The number of rotatable bonds is 4. The largest absolute Gasteiger partial charge is 0.497 e. The van der Waals surface area contributed by atoms with Crippen molar-refractivity contribution in [3.63, 3.8) is 0 Å². The van der Waals surface area contributed by atoms with E-state index in [2.05, 4.69) is 10.3 Å². The second-order valence-electron chi connectivity index (χ2n) is 5.88. The first-order valence-electron chi connectivity index (χ1n) is 7.62. The number of amides is 1. The summed E-state index contributed by atoms with van der Waals surface area (Å²) in [5.74, 6) is -1.77. The monoisotopic (exact) mass is 346 g/mol. The van der Waals surface area contributed by atoms with Crippen LogP contribution in [0.2, 0.25) is 0 Å². The molecule has 2 atom stereocenters. The van der Waals surface area contributed by atoms with Gasteiger partial charge in [0.25, 0.3) is 0 Å². The summed E-state index contributed by atoms with van der Waals surface area (Å²) in [5.41, 5.74) is 1.81. The lowest BCUT2D eigenvalue weighted by atomic mass is 9.79. The Hall–Kier alpha value is -2.41. The van der Waals surface area contributed by atoms with E-state index in [1.807, 2.05) is 31.2 Å². The molecular formula is C17H18N2O4S. The Bertz CT molecular complexity index is 827. The fourth-order valence-electron chi connectivity index (χ4n) is 2.90. The normalized spacial score (nSPS) is 20.5. The van der Waals surface area contributed by atoms with Gasteiger partial charge in [-0.15, -0.1) is 0 Å². The van der Waals surface area contributed by atoms with Crippen LogP contribution >= 0.6 is 11.3 Å². The predicted octanol–water partition coefficient (Wildman–Crippen LogP) is 3.30. The van der Waals surface area contributed by atoms with Gasteiger partial charge in [0.05, 0.1) is 29.2 Å². The van der Waals surface area contributed by atoms with Crippen molar-refractivity contribution in [1.29, 1.82) is 0 Å². The zero-order chi connectivity index (χ0) is 17.3. The number of nitrogens with one attached hydrogen (secondary N) is 1. The van der Waals surface area contributed by atoms with Crippen molar-refractivity contribution in [2.75, 3.05) is 12.4 Å². The number of methoxy groups -OCH3 is 1. The summed E-state index contributed by atoms with van der Waals surface area (Å²) in [6.45, 7) is 1.92. The molecule has 7 heteroatoms. The third-order valence-corrected chi connectivity index (χ3v) is 5.16. The molecule has 2 unspecified atom stereocenters. The molecular weight excluding hydrogens is 328 g/mol. The molecule has 2 N–H and O–H groups in total. The quantitative estimate of drug-likeness (QED) is 0.829. The number of nitrogens with zero attached hydrogens (tertiary/aromatic N) is 1. The van der Waals surface area contributed by atoms with Gasteiger partial charge in [-0.1, -0.05) is 23.0 Å². The van der Waals surface area contributed by atoms with Gasteiger partial charge in [0.2, 0.25) is 5.91 Å². The van der Waals surface area contributed by atoms with Gasteiger partial charge in [-0.3, -0.25) is 9.59 Å². The highest BCUT2D eigenvalue weighted by atomic mass is 32.1. The Kier molecular flexibility index (Phi) is 4.53. The van der Waals surface area contributed by atoms with Crippen molar-refractivity contribution < 1.29 is 19.4 Å². The number of carbonyl (C=O) groups excluding carboxylic acids is 1. The molecule has 24 heavy (non-hydrogen) atoms. The average molecular weight is 346 g/mol. The first kappa shape index (κ1) is 16.4. The van der Waals surface area contributed by atoms with Gasteiger partial charge in [-0.25, -0.2) is 4.98 Å². The Balaban J connectivity index is 1.80. The summed E-state index contributed by atoms with van der Waals surface area (Å²) < 4.78 is 6.08.